The van der Waals surface area contributed by atoms with E-state index < -0.39 is 31.2 Å². The molecule has 0 amide bonds. The fraction of sp³-hybridized carbons (Fsp3) is 1.00. The van der Waals surface area contributed by atoms with Gasteiger partial charge in [0.15, 0.2) is 26.6 Å². The Kier molecular flexibility index (Phi) is 15.4. The van der Waals surface area contributed by atoms with Crippen LogP contribution in [-0.2, 0) is 26.6 Å². The maximum Gasteiger partial charge on any atom is 0.391 e. The molecule has 0 bridgehead atoms. The summed E-state index contributed by atoms with van der Waals surface area (Å²) >= 11 is 0. The minimum absolute atomic E-state index is 0.0745. The van der Waals surface area contributed by atoms with Crippen molar-refractivity contribution in [2.24, 2.45) is 0 Å². The van der Waals surface area contributed by atoms with E-state index in [-0.39, 0.29) is 17.3 Å². The SMILES string of the molecule is CCCCCS(=O)(=O)SB(SS(=O)(=O)CCCCC)SS(=O)(=O)CCCCC. The highest BCUT2D eigenvalue weighted by molar-refractivity contribution is 9.15. The first-order valence-electron chi connectivity index (χ1n) is 9.69. The average molecular weight is 513 g/mol. The predicted molar refractivity (Wildman–Crippen MR) is 128 cm³/mol. The summed E-state index contributed by atoms with van der Waals surface area (Å²) in [5, 5.41) is 0. The van der Waals surface area contributed by atoms with Crippen LogP contribution in [0, 0.1) is 0 Å². The van der Waals surface area contributed by atoms with Gasteiger partial charge >= 0.3 is 4.55 Å². The molecule has 6 nitrogen and oxygen atoms in total. The molecule has 0 aromatic heterocycles. The lowest BCUT2D eigenvalue weighted by Crippen LogP contribution is -2.16. The van der Waals surface area contributed by atoms with E-state index in [0.29, 0.717) is 51.2 Å². The Morgan fingerprint density at radius 1 is 0.500 bits per heavy atom. The normalized spacial score (nSPS) is 13.0. The second-order valence-corrected chi connectivity index (χ2v) is 20.2. The van der Waals surface area contributed by atoms with Gasteiger partial charge in [-0.25, -0.2) is 25.3 Å². The van der Waals surface area contributed by atoms with Crippen molar-refractivity contribution in [3.8, 4) is 0 Å². The number of unbranched alkanes of at least 4 members (excludes halogenated alkanes) is 6. The third-order valence-corrected chi connectivity index (χ3v) is 17.2. The van der Waals surface area contributed by atoms with Gasteiger partial charge in [0.2, 0.25) is 0 Å². The molecule has 0 atom stereocenters. The Hall–Kier alpha value is 0.965. The molecule has 28 heavy (non-hydrogen) atoms. The van der Waals surface area contributed by atoms with Gasteiger partial charge in [-0.15, -0.1) is 0 Å². The zero-order valence-electron chi connectivity index (χ0n) is 17.0. The van der Waals surface area contributed by atoms with Gasteiger partial charge in [0.25, 0.3) is 0 Å². The molecule has 0 spiro atoms. The standard InChI is InChI=1S/C15H33BO6S6/c1-4-7-10-13-26(17,18)23-16(24-27(19,20)14-11-8-5-2)25-28(21,22)15-12-9-6-3/h4-15H2,1-3H3. The Bertz CT molecular complexity index is 620. The van der Waals surface area contributed by atoms with Crippen molar-refractivity contribution >= 4 is 63.1 Å². The molecule has 0 saturated heterocycles. The molecule has 0 rings (SSSR count). The molecule has 0 aromatic rings. The molecule has 0 N–H and O–H groups in total. The molecular formula is C15H33BO6S6. The largest absolute Gasteiger partial charge is 0.391 e. The van der Waals surface area contributed by atoms with E-state index in [0.717, 1.165) is 38.5 Å². The first-order valence-corrected chi connectivity index (χ1v) is 18.8. The van der Waals surface area contributed by atoms with Crippen molar-refractivity contribution in [3.63, 3.8) is 0 Å². The van der Waals surface area contributed by atoms with Crippen LogP contribution in [0.5, 0.6) is 0 Å². The maximum absolute atomic E-state index is 12.4. The van der Waals surface area contributed by atoms with Crippen LogP contribution in [0.3, 0.4) is 0 Å². The van der Waals surface area contributed by atoms with Crippen LogP contribution in [-0.4, -0.2) is 47.1 Å². The zero-order valence-corrected chi connectivity index (χ0v) is 21.9. The van der Waals surface area contributed by atoms with Gasteiger partial charge in [-0.3, -0.25) is 0 Å². The molecule has 168 valence electrons. The Labute approximate surface area is 183 Å². The van der Waals surface area contributed by atoms with Crippen molar-refractivity contribution in [2.75, 3.05) is 17.3 Å². The molecule has 0 fully saturated rings. The summed E-state index contributed by atoms with van der Waals surface area (Å²) in [7, 11) is -9.40. The van der Waals surface area contributed by atoms with Crippen molar-refractivity contribution in [2.45, 2.75) is 78.6 Å². The molecule has 0 aliphatic heterocycles. The van der Waals surface area contributed by atoms with Crippen molar-refractivity contribution in [3.05, 3.63) is 0 Å². The van der Waals surface area contributed by atoms with Gasteiger partial charge < -0.3 is 0 Å². The molecule has 0 radical (unpaired) electrons. The van der Waals surface area contributed by atoms with E-state index in [1.165, 1.54) is 0 Å². The first-order chi connectivity index (χ1) is 13.0. The Morgan fingerprint density at radius 3 is 0.964 bits per heavy atom. The minimum Gasteiger partial charge on any atom is -0.218 e. The second kappa shape index (κ2) is 14.9. The highest BCUT2D eigenvalue weighted by atomic mass is 33.2. The number of hydrogen-bond donors (Lipinski definition) is 0. The summed E-state index contributed by atoms with van der Waals surface area (Å²) < 4.78 is 73.0. The van der Waals surface area contributed by atoms with Gasteiger partial charge in [0.05, 0.1) is 17.3 Å². The molecular weight excluding hydrogens is 479 g/mol. The zero-order chi connectivity index (χ0) is 21.7. The molecule has 0 unspecified atom stereocenters. The lowest BCUT2D eigenvalue weighted by Gasteiger charge is -2.13. The third kappa shape index (κ3) is 15.8. The maximum atomic E-state index is 12.4. The fourth-order valence-corrected chi connectivity index (χ4v) is 19.2. The van der Waals surface area contributed by atoms with E-state index in [4.69, 9.17) is 0 Å². The molecule has 0 heterocycles. The monoisotopic (exact) mass is 512 g/mol. The number of rotatable bonds is 18. The predicted octanol–water partition coefficient (Wildman–Crippen LogP) is 4.73. The van der Waals surface area contributed by atoms with Crippen molar-refractivity contribution in [1.82, 2.24) is 0 Å². The summed E-state index contributed by atoms with van der Waals surface area (Å²) in [6, 6.07) is 0. The highest BCUT2D eigenvalue weighted by Crippen LogP contribution is 2.40. The summed E-state index contributed by atoms with van der Waals surface area (Å²) in [4.78, 5) is 0. The first kappa shape index (κ1) is 29.0. The third-order valence-electron chi connectivity index (χ3n) is 3.67. The van der Waals surface area contributed by atoms with Crippen LogP contribution in [0.15, 0.2) is 0 Å². The van der Waals surface area contributed by atoms with Gasteiger partial charge in [0, 0.05) is 0 Å². The van der Waals surface area contributed by atoms with Crippen LogP contribution in [0.25, 0.3) is 0 Å². The van der Waals surface area contributed by atoms with Gasteiger partial charge in [-0.1, -0.05) is 91.2 Å². The van der Waals surface area contributed by atoms with Gasteiger partial charge in [0.1, 0.15) is 0 Å². The summed E-state index contributed by atoms with van der Waals surface area (Å²) in [5.41, 5.74) is 0. The molecule has 0 aromatic carbocycles. The summed E-state index contributed by atoms with van der Waals surface area (Å²) in [6.45, 7) is 5.88. The highest BCUT2D eigenvalue weighted by Gasteiger charge is 2.35. The quantitative estimate of drug-likeness (QED) is 0.146. The summed E-state index contributed by atoms with van der Waals surface area (Å²) in [6.07, 6.45) is 6.33. The Balaban J connectivity index is 5.20. The van der Waals surface area contributed by atoms with E-state index in [2.05, 4.69) is 0 Å². The fourth-order valence-electron chi connectivity index (χ4n) is 2.14. The smallest absolute Gasteiger partial charge is 0.218 e. The topological polar surface area (TPSA) is 102 Å². The number of hydrogen-bond acceptors (Lipinski definition) is 9. The molecule has 0 aliphatic rings. The second-order valence-electron chi connectivity index (χ2n) is 6.48. The Morgan fingerprint density at radius 2 is 0.750 bits per heavy atom. The molecule has 13 heteroatoms. The van der Waals surface area contributed by atoms with Crippen molar-refractivity contribution in [1.29, 1.82) is 0 Å². The van der Waals surface area contributed by atoms with E-state index in [1.807, 2.05) is 20.8 Å². The molecule has 0 aliphatic carbocycles. The minimum atomic E-state index is -3.60. The van der Waals surface area contributed by atoms with Gasteiger partial charge in [-0.05, 0) is 19.3 Å². The van der Waals surface area contributed by atoms with Crippen LogP contribution < -0.4 is 0 Å². The molecule has 0 saturated carbocycles. The van der Waals surface area contributed by atoms with Crippen LogP contribution in [0.2, 0.25) is 0 Å². The van der Waals surface area contributed by atoms with Crippen LogP contribution in [0.1, 0.15) is 78.6 Å². The van der Waals surface area contributed by atoms with Gasteiger partial charge in [-0.2, -0.15) is 0 Å². The summed E-state index contributed by atoms with van der Waals surface area (Å²) in [5.74, 6) is -0.224. The average Bonchev–Trinajstić information content (AvgIpc) is 2.53. The lowest BCUT2D eigenvalue weighted by molar-refractivity contribution is 0.604. The van der Waals surface area contributed by atoms with Crippen molar-refractivity contribution < 1.29 is 25.3 Å². The van der Waals surface area contributed by atoms with Crippen LogP contribution in [0.4, 0.5) is 0 Å². The van der Waals surface area contributed by atoms with E-state index in [9.17, 15) is 25.3 Å². The lowest BCUT2D eigenvalue weighted by atomic mass is 10.3. The van der Waals surface area contributed by atoms with E-state index >= 15 is 0 Å². The van der Waals surface area contributed by atoms with E-state index in [1.54, 1.807) is 0 Å². The van der Waals surface area contributed by atoms with Crippen LogP contribution >= 0.6 is 31.9 Å².